The summed E-state index contributed by atoms with van der Waals surface area (Å²) in [6.45, 7) is 5.01. The van der Waals surface area contributed by atoms with Crippen LogP contribution in [0.15, 0.2) is 6.20 Å². The highest BCUT2D eigenvalue weighted by Crippen LogP contribution is 2.28. The van der Waals surface area contributed by atoms with Crippen molar-refractivity contribution in [3.8, 4) is 11.3 Å². The monoisotopic (exact) mass is 245 g/mol. The predicted molar refractivity (Wildman–Crippen MR) is 70.1 cm³/mol. The lowest BCUT2D eigenvalue weighted by Gasteiger charge is -2.05. The Morgan fingerprint density at radius 1 is 1.44 bits per heavy atom. The van der Waals surface area contributed by atoms with Gasteiger partial charge in [0.25, 0.3) is 0 Å². The first-order valence-corrected chi connectivity index (χ1v) is 6.43. The zero-order valence-electron chi connectivity index (χ0n) is 11.1. The minimum atomic E-state index is 0.712. The van der Waals surface area contributed by atoms with Gasteiger partial charge >= 0.3 is 0 Å². The van der Waals surface area contributed by atoms with E-state index >= 15 is 0 Å². The van der Waals surface area contributed by atoms with Gasteiger partial charge < -0.3 is 5.32 Å². The molecule has 18 heavy (non-hydrogen) atoms. The molecule has 96 valence electrons. The first-order chi connectivity index (χ1) is 8.66. The molecular weight excluding hydrogens is 226 g/mol. The first-order valence-electron chi connectivity index (χ1n) is 6.43. The summed E-state index contributed by atoms with van der Waals surface area (Å²) in [7, 11) is 1.98. The number of nitrogens with one attached hydrogen (secondary N) is 2. The summed E-state index contributed by atoms with van der Waals surface area (Å²) in [6.07, 6.45) is 4.52. The molecule has 0 aliphatic heterocycles. The molecule has 1 aliphatic rings. The lowest BCUT2D eigenvalue weighted by atomic mass is 10.1. The highest BCUT2D eigenvalue weighted by Gasteiger charge is 2.22. The van der Waals surface area contributed by atoms with Gasteiger partial charge in [0.1, 0.15) is 0 Å². The fourth-order valence-electron chi connectivity index (χ4n) is 2.34. The Bertz CT molecular complexity index is 562. The molecule has 2 aromatic heterocycles. The summed E-state index contributed by atoms with van der Waals surface area (Å²) in [4.78, 5) is 0. The molecule has 1 aliphatic carbocycles. The maximum absolute atomic E-state index is 4.46. The number of aromatic nitrogens is 4. The fourth-order valence-corrected chi connectivity index (χ4v) is 2.34. The zero-order chi connectivity index (χ0) is 12.7. The Kier molecular flexibility index (Phi) is 2.70. The van der Waals surface area contributed by atoms with Crippen molar-refractivity contribution < 1.29 is 0 Å². The Hall–Kier alpha value is -1.62. The average Bonchev–Trinajstić information content (AvgIpc) is 3.00. The van der Waals surface area contributed by atoms with Crippen LogP contribution in [0.2, 0.25) is 0 Å². The highest BCUT2D eigenvalue weighted by atomic mass is 15.3. The van der Waals surface area contributed by atoms with E-state index in [2.05, 4.69) is 27.5 Å². The van der Waals surface area contributed by atoms with E-state index in [1.54, 1.807) is 0 Å². The normalized spacial score (nSPS) is 15.3. The van der Waals surface area contributed by atoms with Gasteiger partial charge in [0.05, 0.1) is 17.6 Å². The van der Waals surface area contributed by atoms with Crippen molar-refractivity contribution >= 4 is 0 Å². The smallest absolute Gasteiger partial charge is 0.0732 e. The Morgan fingerprint density at radius 2 is 2.22 bits per heavy atom. The third-order valence-electron chi connectivity index (χ3n) is 3.64. The van der Waals surface area contributed by atoms with Crippen LogP contribution in [0, 0.1) is 13.8 Å². The highest BCUT2D eigenvalue weighted by molar-refractivity contribution is 5.67. The van der Waals surface area contributed by atoms with E-state index < -0.39 is 0 Å². The van der Waals surface area contributed by atoms with E-state index in [4.69, 9.17) is 0 Å². The summed E-state index contributed by atoms with van der Waals surface area (Å²) in [5.74, 6) is 0. The average molecular weight is 245 g/mol. The quantitative estimate of drug-likeness (QED) is 0.861. The molecule has 0 bridgehead atoms. The Labute approximate surface area is 107 Å². The van der Waals surface area contributed by atoms with Crippen molar-refractivity contribution in [2.24, 2.45) is 7.05 Å². The molecule has 0 unspecified atom stereocenters. The number of H-pyrrole nitrogens is 1. The summed E-state index contributed by atoms with van der Waals surface area (Å²) < 4.78 is 1.92. The molecule has 0 radical (unpaired) electrons. The van der Waals surface area contributed by atoms with Crippen molar-refractivity contribution in [2.75, 3.05) is 0 Å². The van der Waals surface area contributed by atoms with E-state index in [9.17, 15) is 0 Å². The largest absolute Gasteiger partial charge is 0.310 e. The van der Waals surface area contributed by atoms with Crippen molar-refractivity contribution in [3.05, 3.63) is 23.1 Å². The van der Waals surface area contributed by atoms with Gasteiger partial charge in [-0.1, -0.05) is 0 Å². The first kappa shape index (κ1) is 11.5. The van der Waals surface area contributed by atoms with Crippen molar-refractivity contribution in [1.82, 2.24) is 25.3 Å². The minimum absolute atomic E-state index is 0.712. The summed E-state index contributed by atoms with van der Waals surface area (Å²) in [5.41, 5.74) is 5.73. The number of nitrogens with zero attached hydrogens (tertiary/aromatic N) is 3. The third-order valence-corrected chi connectivity index (χ3v) is 3.64. The fraction of sp³-hybridized carbons (Fsp3) is 0.538. The van der Waals surface area contributed by atoms with E-state index in [1.807, 2.05) is 24.9 Å². The van der Waals surface area contributed by atoms with Crippen LogP contribution in [0.5, 0.6) is 0 Å². The third kappa shape index (κ3) is 1.95. The molecule has 0 spiro atoms. The molecule has 5 nitrogen and oxygen atoms in total. The van der Waals surface area contributed by atoms with Gasteiger partial charge in [0.15, 0.2) is 0 Å². The number of rotatable bonds is 4. The van der Waals surface area contributed by atoms with E-state index in [0.717, 1.165) is 17.9 Å². The lowest BCUT2D eigenvalue weighted by molar-refractivity contribution is 0.689. The van der Waals surface area contributed by atoms with Crippen LogP contribution in [0.1, 0.15) is 29.8 Å². The molecule has 5 heteroatoms. The molecule has 2 aromatic rings. The van der Waals surface area contributed by atoms with Gasteiger partial charge in [-0.25, -0.2) is 0 Å². The maximum atomic E-state index is 4.46. The molecule has 1 saturated carbocycles. The van der Waals surface area contributed by atoms with Gasteiger partial charge in [-0.05, 0) is 26.7 Å². The topological polar surface area (TPSA) is 58.5 Å². The molecule has 1 fully saturated rings. The van der Waals surface area contributed by atoms with Crippen LogP contribution in [-0.2, 0) is 13.6 Å². The number of aromatic amines is 1. The van der Waals surface area contributed by atoms with Crippen molar-refractivity contribution in [3.63, 3.8) is 0 Å². The van der Waals surface area contributed by atoms with Gasteiger partial charge in [0, 0.05) is 36.5 Å². The van der Waals surface area contributed by atoms with E-state index in [0.29, 0.717) is 6.04 Å². The summed E-state index contributed by atoms with van der Waals surface area (Å²) in [5, 5.41) is 15.3. The Balaban J connectivity index is 1.92. The van der Waals surface area contributed by atoms with Crippen LogP contribution < -0.4 is 5.32 Å². The molecule has 0 saturated heterocycles. The van der Waals surface area contributed by atoms with Gasteiger partial charge in [-0.3, -0.25) is 9.78 Å². The Morgan fingerprint density at radius 3 is 2.83 bits per heavy atom. The molecule has 0 aromatic carbocycles. The van der Waals surface area contributed by atoms with Crippen LogP contribution in [-0.4, -0.2) is 26.0 Å². The standard InChI is InChI=1S/C13H19N5/c1-8-12(9(2)18(3)17-8)13-10(7-15-16-13)6-14-11-4-5-11/h7,11,14H,4-6H2,1-3H3,(H,15,16). The second-order valence-corrected chi connectivity index (χ2v) is 5.09. The summed E-state index contributed by atoms with van der Waals surface area (Å²) >= 11 is 0. The SMILES string of the molecule is Cc1nn(C)c(C)c1-c1[nH]ncc1CNC1CC1. The maximum Gasteiger partial charge on any atom is 0.0732 e. The van der Waals surface area contributed by atoms with Crippen molar-refractivity contribution in [2.45, 2.75) is 39.3 Å². The van der Waals surface area contributed by atoms with Gasteiger partial charge in [-0.2, -0.15) is 10.2 Å². The number of hydrogen-bond donors (Lipinski definition) is 2. The van der Waals surface area contributed by atoms with Crippen molar-refractivity contribution in [1.29, 1.82) is 0 Å². The molecular formula is C13H19N5. The lowest BCUT2D eigenvalue weighted by Crippen LogP contribution is -2.15. The van der Waals surface area contributed by atoms with Crippen LogP contribution >= 0.6 is 0 Å². The van der Waals surface area contributed by atoms with Crippen LogP contribution in [0.25, 0.3) is 11.3 Å². The number of hydrogen-bond acceptors (Lipinski definition) is 3. The molecule has 0 atom stereocenters. The van der Waals surface area contributed by atoms with E-state index in [1.165, 1.54) is 29.7 Å². The second kappa shape index (κ2) is 4.24. The second-order valence-electron chi connectivity index (χ2n) is 5.09. The molecule has 3 rings (SSSR count). The van der Waals surface area contributed by atoms with Gasteiger partial charge in [0.2, 0.25) is 0 Å². The van der Waals surface area contributed by atoms with Gasteiger partial charge in [-0.15, -0.1) is 0 Å². The minimum Gasteiger partial charge on any atom is -0.310 e. The molecule has 0 amide bonds. The predicted octanol–water partition coefficient (Wildman–Crippen LogP) is 1.68. The van der Waals surface area contributed by atoms with Crippen LogP contribution in [0.4, 0.5) is 0 Å². The summed E-state index contributed by atoms with van der Waals surface area (Å²) in [6, 6.07) is 0.712. The van der Waals surface area contributed by atoms with Crippen LogP contribution in [0.3, 0.4) is 0 Å². The van der Waals surface area contributed by atoms with E-state index in [-0.39, 0.29) is 0 Å². The number of aryl methyl sites for hydroxylation is 2. The molecule has 2 N–H and O–H groups in total. The zero-order valence-corrected chi connectivity index (χ0v) is 11.1. The molecule has 2 heterocycles.